The van der Waals surface area contributed by atoms with Gasteiger partial charge in [0.15, 0.2) is 0 Å². The fourth-order valence-electron chi connectivity index (χ4n) is 2.87. The summed E-state index contributed by atoms with van der Waals surface area (Å²) in [5.41, 5.74) is 3.81. The molecule has 0 spiro atoms. The molecule has 1 N–H and O–H groups in total. The zero-order valence-corrected chi connectivity index (χ0v) is 12.9. The molecule has 1 amide bonds. The van der Waals surface area contributed by atoms with Crippen molar-refractivity contribution in [2.24, 2.45) is 0 Å². The third-order valence-corrected chi connectivity index (χ3v) is 4.01. The first-order valence-electron chi connectivity index (χ1n) is 7.65. The molecule has 1 aliphatic heterocycles. The predicted octanol–water partition coefficient (Wildman–Crippen LogP) is 2.97. The molecule has 1 heterocycles. The highest BCUT2D eigenvalue weighted by atomic mass is 16.2. The van der Waals surface area contributed by atoms with Crippen LogP contribution in [0.2, 0.25) is 0 Å². The van der Waals surface area contributed by atoms with Crippen molar-refractivity contribution in [2.75, 3.05) is 19.6 Å². The van der Waals surface area contributed by atoms with Crippen LogP contribution in [-0.4, -0.2) is 30.4 Å². The number of benzene rings is 1. The van der Waals surface area contributed by atoms with Gasteiger partial charge in [-0.2, -0.15) is 0 Å². The van der Waals surface area contributed by atoms with Crippen molar-refractivity contribution in [1.82, 2.24) is 10.2 Å². The van der Waals surface area contributed by atoms with Gasteiger partial charge in [-0.25, -0.2) is 0 Å². The Morgan fingerprint density at radius 2 is 1.75 bits per heavy atom. The van der Waals surface area contributed by atoms with Crippen LogP contribution in [0, 0.1) is 13.8 Å². The topological polar surface area (TPSA) is 32.3 Å². The van der Waals surface area contributed by atoms with Crippen LogP contribution in [-0.2, 0) is 4.79 Å². The normalized spacial score (nSPS) is 17.1. The first kappa shape index (κ1) is 15.0. The summed E-state index contributed by atoms with van der Waals surface area (Å²) in [7, 11) is 0. The van der Waals surface area contributed by atoms with Gasteiger partial charge >= 0.3 is 0 Å². The van der Waals surface area contributed by atoms with Crippen molar-refractivity contribution < 1.29 is 4.79 Å². The van der Waals surface area contributed by atoms with Crippen molar-refractivity contribution in [2.45, 2.75) is 46.1 Å². The molecule has 0 aromatic heterocycles. The van der Waals surface area contributed by atoms with E-state index in [-0.39, 0.29) is 11.9 Å². The van der Waals surface area contributed by atoms with Gasteiger partial charge < -0.3 is 10.2 Å². The average Bonchev–Trinajstić information content (AvgIpc) is 2.44. The molecule has 1 unspecified atom stereocenters. The van der Waals surface area contributed by atoms with Crippen LogP contribution in [0.5, 0.6) is 0 Å². The zero-order valence-electron chi connectivity index (χ0n) is 12.9. The number of nitrogens with zero attached hydrogens (tertiary/aromatic N) is 1. The fraction of sp³-hybridized carbons (Fsp3) is 0.588. The SMILES string of the molecule is Cc1cc(C)cc(C(C)NCC(=O)N2CCCCC2)c1. The lowest BCUT2D eigenvalue weighted by atomic mass is 10.0. The molecule has 3 nitrogen and oxygen atoms in total. The Hall–Kier alpha value is -1.35. The van der Waals surface area contributed by atoms with Gasteiger partial charge in [-0.05, 0) is 45.6 Å². The Labute approximate surface area is 122 Å². The standard InChI is InChI=1S/C17H26N2O/c1-13-9-14(2)11-16(10-13)15(3)18-12-17(20)19-7-5-4-6-8-19/h9-11,15,18H,4-8,12H2,1-3H3. The second-order valence-electron chi connectivity index (χ2n) is 5.97. The molecule has 20 heavy (non-hydrogen) atoms. The van der Waals surface area contributed by atoms with Gasteiger partial charge in [-0.15, -0.1) is 0 Å². The van der Waals surface area contributed by atoms with Gasteiger partial charge in [0.2, 0.25) is 5.91 Å². The van der Waals surface area contributed by atoms with Crippen molar-refractivity contribution >= 4 is 5.91 Å². The molecular formula is C17H26N2O. The first-order valence-corrected chi connectivity index (χ1v) is 7.65. The maximum Gasteiger partial charge on any atom is 0.236 e. The molecule has 0 aliphatic carbocycles. The summed E-state index contributed by atoms with van der Waals surface area (Å²) in [5.74, 6) is 0.237. The summed E-state index contributed by atoms with van der Waals surface area (Å²) in [6, 6.07) is 6.77. The second kappa shape index (κ2) is 6.89. The minimum Gasteiger partial charge on any atom is -0.342 e. The van der Waals surface area contributed by atoms with E-state index in [2.05, 4.69) is 44.3 Å². The highest BCUT2D eigenvalue weighted by Crippen LogP contribution is 2.16. The lowest BCUT2D eigenvalue weighted by Crippen LogP contribution is -2.41. The Balaban J connectivity index is 1.87. The lowest BCUT2D eigenvalue weighted by Gasteiger charge is -2.27. The zero-order chi connectivity index (χ0) is 14.5. The van der Waals surface area contributed by atoms with Gasteiger partial charge in [-0.3, -0.25) is 4.79 Å². The van der Waals surface area contributed by atoms with Gasteiger partial charge in [0.05, 0.1) is 6.54 Å². The summed E-state index contributed by atoms with van der Waals surface area (Å²) in [5, 5.41) is 3.36. The molecule has 1 saturated heterocycles. The number of amides is 1. The van der Waals surface area contributed by atoms with Crippen LogP contribution in [0.4, 0.5) is 0 Å². The second-order valence-corrected chi connectivity index (χ2v) is 5.97. The quantitative estimate of drug-likeness (QED) is 0.915. The van der Waals surface area contributed by atoms with Crippen molar-refractivity contribution in [3.8, 4) is 0 Å². The summed E-state index contributed by atoms with van der Waals surface area (Å²) < 4.78 is 0. The van der Waals surface area contributed by atoms with Crippen molar-refractivity contribution in [3.63, 3.8) is 0 Å². The summed E-state index contributed by atoms with van der Waals surface area (Å²) in [6.45, 7) is 8.65. The molecule has 0 radical (unpaired) electrons. The van der Waals surface area contributed by atoms with Crippen molar-refractivity contribution in [1.29, 1.82) is 0 Å². The van der Waals surface area contributed by atoms with Gasteiger partial charge in [0.1, 0.15) is 0 Å². The number of rotatable bonds is 4. The summed E-state index contributed by atoms with van der Waals surface area (Å²) in [4.78, 5) is 14.1. The molecular weight excluding hydrogens is 248 g/mol. The largest absolute Gasteiger partial charge is 0.342 e. The third kappa shape index (κ3) is 4.07. The smallest absolute Gasteiger partial charge is 0.236 e. The van der Waals surface area contributed by atoms with Gasteiger partial charge in [-0.1, -0.05) is 29.3 Å². The van der Waals surface area contributed by atoms with E-state index in [1.165, 1.54) is 23.1 Å². The summed E-state index contributed by atoms with van der Waals surface area (Å²) in [6.07, 6.45) is 3.56. The van der Waals surface area contributed by atoms with Crippen LogP contribution < -0.4 is 5.32 Å². The molecule has 1 fully saturated rings. The van der Waals surface area contributed by atoms with Crippen LogP contribution >= 0.6 is 0 Å². The van der Waals surface area contributed by atoms with E-state index in [0.717, 1.165) is 25.9 Å². The third-order valence-electron chi connectivity index (χ3n) is 4.01. The van der Waals surface area contributed by atoms with E-state index in [9.17, 15) is 4.79 Å². The van der Waals surface area contributed by atoms with Crippen LogP contribution in [0.3, 0.4) is 0 Å². The Kier molecular flexibility index (Phi) is 5.18. The molecule has 0 saturated carbocycles. The van der Waals surface area contributed by atoms with E-state index in [4.69, 9.17) is 0 Å². The highest BCUT2D eigenvalue weighted by molar-refractivity contribution is 5.78. The van der Waals surface area contributed by atoms with Crippen LogP contribution in [0.15, 0.2) is 18.2 Å². The number of likely N-dealkylation sites (tertiary alicyclic amines) is 1. The Morgan fingerprint density at radius 3 is 2.35 bits per heavy atom. The summed E-state index contributed by atoms with van der Waals surface area (Å²) >= 11 is 0. The van der Waals surface area contributed by atoms with Crippen molar-refractivity contribution in [3.05, 3.63) is 34.9 Å². The molecule has 2 rings (SSSR count). The van der Waals surface area contributed by atoms with E-state index in [0.29, 0.717) is 6.54 Å². The van der Waals surface area contributed by atoms with Crippen LogP contribution in [0.1, 0.15) is 48.9 Å². The molecule has 1 aromatic rings. The average molecular weight is 274 g/mol. The number of piperidine rings is 1. The molecule has 3 heteroatoms. The van der Waals surface area contributed by atoms with Gasteiger partial charge in [0, 0.05) is 19.1 Å². The minimum atomic E-state index is 0.211. The molecule has 1 atom stereocenters. The van der Waals surface area contributed by atoms with E-state index in [1.807, 2.05) is 4.90 Å². The lowest BCUT2D eigenvalue weighted by molar-refractivity contribution is -0.131. The van der Waals surface area contributed by atoms with Gasteiger partial charge in [0.25, 0.3) is 0 Å². The Morgan fingerprint density at radius 1 is 1.15 bits per heavy atom. The Bertz CT molecular complexity index is 444. The molecule has 1 aliphatic rings. The monoisotopic (exact) mass is 274 g/mol. The molecule has 0 bridgehead atoms. The minimum absolute atomic E-state index is 0.211. The number of aryl methyl sites for hydroxylation is 2. The number of hydrogen-bond donors (Lipinski definition) is 1. The van der Waals surface area contributed by atoms with Crippen LogP contribution in [0.25, 0.3) is 0 Å². The molecule has 110 valence electrons. The van der Waals surface area contributed by atoms with E-state index in [1.54, 1.807) is 0 Å². The van der Waals surface area contributed by atoms with E-state index < -0.39 is 0 Å². The predicted molar refractivity (Wildman–Crippen MR) is 82.8 cm³/mol. The number of nitrogens with one attached hydrogen (secondary N) is 1. The van der Waals surface area contributed by atoms with E-state index >= 15 is 0 Å². The number of hydrogen-bond acceptors (Lipinski definition) is 2. The highest BCUT2D eigenvalue weighted by Gasteiger charge is 2.17. The number of carbonyl (C=O) groups is 1. The number of carbonyl (C=O) groups excluding carboxylic acids is 1. The first-order chi connectivity index (χ1) is 9.56. The fourth-order valence-corrected chi connectivity index (χ4v) is 2.87. The maximum absolute atomic E-state index is 12.1. The maximum atomic E-state index is 12.1. The molecule has 1 aromatic carbocycles.